The van der Waals surface area contributed by atoms with E-state index >= 15 is 0 Å². The molecule has 0 saturated heterocycles. The van der Waals surface area contributed by atoms with Crippen LogP contribution in [0.25, 0.3) is 16.6 Å². The normalized spacial score (nSPS) is 18.2. The van der Waals surface area contributed by atoms with Crippen molar-refractivity contribution in [3.05, 3.63) is 66.5 Å². The van der Waals surface area contributed by atoms with Crippen molar-refractivity contribution in [2.75, 3.05) is 5.32 Å². The Bertz CT molecular complexity index is 1270. The summed E-state index contributed by atoms with van der Waals surface area (Å²) in [5, 5.41) is 17.4. The second-order valence-electron chi connectivity index (χ2n) is 8.05. The Balaban J connectivity index is 1.35. The van der Waals surface area contributed by atoms with Crippen molar-refractivity contribution >= 4 is 11.5 Å². The minimum atomic E-state index is 0.0735. The number of rotatable bonds is 5. The fraction of sp³-hybridized carbons (Fsp3) is 0.292. The lowest BCUT2D eigenvalue weighted by Gasteiger charge is -2.29. The maximum Gasteiger partial charge on any atom is 0.223 e. The molecule has 5 rings (SSSR count). The van der Waals surface area contributed by atoms with Crippen LogP contribution in [0.2, 0.25) is 0 Å². The van der Waals surface area contributed by atoms with Gasteiger partial charge in [-0.25, -0.2) is 14.5 Å². The third kappa shape index (κ3) is 4.10. The van der Waals surface area contributed by atoms with Gasteiger partial charge in [-0.3, -0.25) is 4.98 Å². The second kappa shape index (κ2) is 8.63. The van der Waals surface area contributed by atoms with Crippen LogP contribution < -0.4 is 10.1 Å². The van der Waals surface area contributed by atoms with Crippen LogP contribution in [-0.2, 0) is 0 Å². The first kappa shape index (κ1) is 19.9. The number of ether oxygens (including phenoxy) is 1. The fourth-order valence-corrected chi connectivity index (χ4v) is 4.16. The zero-order chi connectivity index (χ0) is 21.9. The molecule has 0 bridgehead atoms. The van der Waals surface area contributed by atoms with Gasteiger partial charge in [0.2, 0.25) is 5.95 Å². The molecule has 4 heterocycles. The summed E-state index contributed by atoms with van der Waals surface area (Å²) in [4.78, 5) is 12.8. The zero-order valence-electron chi connectivity index (χ0n) is 17.8. The molecule has 0 aromatic carbocycles. The molecule has 8 heteroatoms. The number of aryl methyl sites for hydroxylation is 1. The minimum Gasteiger partial charge on any atom is -0.488 e. The van der Waals surface area contributed by atoms with Gasteiger partial charge >= 0.3 is 0 Å². The Morgan fingerprint density at radius 3 is 2.66 bits per heavy atom. The van der Waals surface area contributed by atoms with E-state index < -0.39 is 0 Å². The number of nitrogens with one attached hydrogen (secondary N) is 1. The van der Waals surface area contributed by atoms with Crippen molar-refractivity contribution in [1.82, 2.24) is 24.6 Å². The average Bonchev–Trinajstić information content (AvgIpc) is 3.24. The van der Waals surface area contributed by atoms with Gasteiger partial charge in [0, 0.05) is 42.1 Å². The van der Waals surface area contributed by atoms with Gasteiger partial charge in [-0.2, -0.15) is 10.4 Å². The molecule has 0 aliphatic heterocycles. The van der Waals surface area contributed by atoms with Crippen molar-refractivity contribution < 1.29 is 4.74 Å². The molecule has 1 saturated carbocycles. The lowest BCUT2D eigenvalue weighted by molar-refractivity contribution is 0.151. The number of aromatic nitrogens is 5. The first-order valence-corrected chi connectivity index (χ1v) is 10.7. The Labute approximate surface area is 185 Å². The van der Waals surface area contributed by atoms with Gasteiger partial charge in [0.15, 0.2) is 0 Å². The largest absolute Gasteiger partial charge is 0.488 e. The number of anilines is 1. The third-order valence-electron chi connectivity index (χ3n) is 5.81. The first-order valence-electron chi connectivity index (χ1n) is 10.7. The van der Waals surface area contributed by atoms with Gasteiger partial charge in [0.1, 0.15) is 22.9 Å². The molecule has 8 nitrogen and oxygen atoms in total. The highest BCUT2D eigenvalue weighted by Crippen LogP contribution is 2.33. The van der Waals surface area contributed by atoms with Crippen LogP contribution in [0.15, 0.2) is 55.2 Å². The molecule has 4 aromatic heterocycles. The number of hydrogen-bond acceptors (Lipinski definition) is 7. The molecule has 0 unspecified atom stereocenters. The number of hydrogen-bond donors (Lipinski definition) is 1. The van der Waals surface area contributed by atoms with E-state index in [-0.39, 0.29) is 6.10 Å². The Morgan fingerprint density at radius 1 is 1.09 bits per heavy atom. The van der Waals surface area contributed by atoms with Crippen LogP contribution in [0.1, 0.15) is 36.9 Å². The van der Waals surface area contributed by atoms with Gasteiger partial charge < -0.3 is 10.1 Å². The summed E-state index contributed by atoms with van der Waals surface area (Å²) in [7, 11) is 0. The maximum atomic E-state index is 9.55. The van der Waals surface area contributed by atoms with E-state index in [1.165, 1.54) is 0 Å². The maximum absolute atomic E-state index is 9.55. The molecule has 1 aliphatic carbocycles. The Kier molecular flexibility index (Phi) is 5.38. The molecule has 1 aliphatic rings. The van der Waals surface area contributed by atoms with Crippen LogP contribution >= 0.6 is 0 Å². The summed E-state index contributed by atoms with van der Waals surface area (Å²) >= 11 is 0. The minimum absolute atomic E-state index is 0.0735. The van der Waals surface area contributed by atoms with Crippen molar-refractivity contribution in [3.63, 3.8) is 0 Å². The lowest BCUT2D eigenvalue weighted by atomic mass is 9.93. The standard InChI is InChI=1S/C24H23N7O/c1-16-6-11-27-24(29-16)30-20-2-4-21(5-3-20)32-22-12-18(17-7-9-26-10-8-17)15-31-23(22)19(13-25)14-28-31/h6-12,14-15,20-21H,2-5H2,1H3,(H,27,29,30). The van der Waals surface area contributed by atoms with E-state index in [1.807, 2.05) is 37.4 Å². The highest BCUT2D eigenvalue weighted by Gasteiger charge is 2.24. The summed E-state index contributed by atoms with van der Waals surface area (Å²) in [5.41, 5.74) is 4.15. The van der Waals surface area contributed by atoms with Gasteiger partial charge in [-0.1, -0.05) is 0 Å². The molecule has 1 fully saturated rings. The van der Waals surface area contributed by atoms with E-state index in [4.69, 9.17) is 4.74 Å². The van der Waals surface area contributed by atoms with Crippen LogP contribution in [-0.4, -0.2) is 36.7 Å². The van der Waals surface area contributed by atoms with Gasteiger partial charge in [-0.15, -0.1) is 0 Å². The molecule has 1 N–H and O–H groups in total. The fourth-order valence-electron chi connectivity index (χ4n) is 4.16. The predicted molar refractivity (Wildman–Crippen MR) is 120 cm³/mol. The molecule has 0 radical (unpaired) electrons. The topological polar surface area (TPSA) is 101 Å². The summed E-state index contributed by atoms with van der Waals surface area (Å²) in [6, 6.07) is 10.3. The van der Waals surface area contributed by atoms with Crippen molar-refractivity contribution in [2.24, 2.45) is 0 Å². The van der Waals surface area contributed by atoms with Crippen LogP contribution in [0.4, 0.5) is 5.95 Å². The average molecular weight is 425 g/mol. The number of fused-ring (bicyclic) bond motifs is 1. The molecular weight excluding hydrogens is 402 g/mol. The summed E-state index contributed by atoms with van der Waals surface area (Å²) in [5.74, 6) is 1.37. The molecule has 0 atom stereocenters. The molecular formula is C24H23N7O. The number of nitriles is 1. The van der Waals surface area contributed by atoms with E-state index in [1.54, 1.807) is 29.3 Å². The molecule has 32 heavy (non-hydrogen) atoms. The molecule has 160 valence electrons. The van der Waals surface area contributed by atoms with Crippen molar-refractivity contribution in [3.8, 4) is 22.9 Å². The van der Waals surface area contributed by atoms with E-state index in [0.29, 0.717) is 28.8 Å². The van der Waals surface area contributed by atoms with Gasteiger partial charge in [0.25, 0.3) is 0 Å². The zero-order valence-corrected chi connectivity index (χ0v) is 17.8. The highest BCUT2D eigenvalue weighted by molar-refractivity contribution is 5.75. The van der Waals surface area contributed by atoms with Gasteiger partial charge in [0.05, 0.1) is 12.3 Å². The lowest BCUT2D eigenvalue weighted by Crippen LogP contribution is -2.31. The van der Waals surface area contributed by atoms with Crippen molar-refractivity contribution in [2.45, 2.75) is 44.8 Å². The molecule has 0 spiro atoms. The Morgan fingerprint density at radius 2 is 1.91 bits per heavy atom. The SMILES string of the molecule is Cc1ccnc(NC2CCC(Oc3cc(-c4ccncc4)cn4ncc(C#N)c34)CC2)n1. The summed E-state index contributed by atoms with van der Waals surface area (Å²) in [6.45, 7) is 1.96. The first-order chi connectivity index (χ1) is 15.7. The summed E-state index contributed by atoms with van der Waals surface area (Å²) in [6.07, 6.45) is 12.6. The number of pyridine rings is 2. The smallest absolute Gasteiger partial charge is 0.223 e. The van der Waals surface area contributed by atoms with Crippen LogP contribution in [0.3, 0.4) is 0 Å². The second-order valence-corrected chi connectivity index (χ2v) is 8.05. The van der Waals surface area contributed by atoms with E-state index in [0.717, 1.165) is 42.5 Å². The van der Waals surface area contributed by atoms with Crippen LogP contribution in [0, 0.1) is 18.3 Å². The number of nitrogens with zero attached hydrogens (tertiary/aromatic N) is 6. The van der Waals surface area contributed by atoms with E-state index in [2.05, 4.69) is 31.4 Å². The third-order valence-corrected chi connectivity index (χ3v) is 5.81. The monoisotopic (exact) mass is 425 g/mol. The van der Waals surface area contributed by atoms with E-state index in [9.17, 15) is 5.26 Å². The molecule has 0 amide bonds. The van der Waals surface area contributed by atoms with Crippen molar-refractivity contribution in [1.29, 1.82) is 5.26 Å². The quantitative estimate of drug-likeness (QED) is 0.512. The molecule has 4 aromatic rings. The predicted octanol–water partition coefficient (Wildman–Crippen LogP) is 4.17. The Hall–Kier alpha value is -3.99. The summed E-state index contributed by atoms with van der Waals surface area (Å²) < 4.78 is 8.19. The van der Waals surface area contributed by atoms with Gasteiger partial charge in [-0.05, 0) is 62.4 Å². The van der Waals surface area contributed by atoms with Crippen LogP contribution in [0.5, 0.6) is 5.75 Å². The highest BCUT2D eigenvalue weighted by atomic mass is 16.5.